The summed E-state index contributed by atoms with van der Waals surface area (Å²) in [5, 5.41) is 3.06. The number of carbonyl (C=O) groups is 1. The summed E-state index contributed by atoms with van der Waals surface area (Å²) < 4.78 is 1.00. The van der Waals surface area contributed by atoms with Gasteiger partial charge in [0.1, 0.15) is 0 Å². The van der Waals surface area contributed by atoms with Crippen LogP contribution in [-0.4, -0.2) is 37.5 Å². The second-order valence-electron chi connectivity index (χ2n) is 5.06. The summed E-state index contributed by atoms with van der Waals surface area (Å²) in [5.74, 6) is 0.794. The highest BCUT2D eigenvalue weighted by Crippen LogP contribution is 2.34. The highest BCUT2D eigenvalue weighted by molar-refractivity contribution is 14.1. The molecule has 1 fully saturated rings. The molecule has 1 aliphatic rings. The molecule has 0 aromatic heterocycles. The van der Waals surface area contributed by atoms with E-state index in [-0.39, 0.29) is 5.91 Å². The van der Waals surface area contributed by atoms with Crippen LogP contribution in [0, 0.1) is 9.49 Å². The van der Waals surface area contributed by atoms with Crippen LogP contribution in [0.1, 0.15) is 23.2 Å². The molecule has 4 heteroatoms. The Morgan fingerprint density at radius 1 is 1.44 bits per heavy atom. The van der Waals surface area contributed by atoms with E-state index in [9.17, 15) is 4.79 Å². The van der Waals surface area contributed by atoms with Crippen molar-refractivity contribution in [1.29, 1.82) is 0 Å². The minimum Gasteiger partial charge on any atom is -0.350 e. The van der Waals surface area contributed by atoms with Crippen molar-refractivity contribution in [3.05, 3.63) is 33.4 Å². The fourth-order valence-corrected chi connectivity index (χ4v) is 2.82. The van der Waals surface area contributed by atoms with Crippen molar-refractivity contribution in [3.8, 4) is 0 Å². The molecular formula is C14H19IN2O. The predicted molar refractivity (Wildman–Crippen MR) is 81.7 cm³/mol. The number of nitrogens with one attached hydrogen (secondary N) is 1. The molecule has 3 nitrogen and oxygen atoms in total. The summed E-state index contributed by atoms with van der Waals surface area (Å²) in [6, 6.07) is 8.15. The van der Waals surface area contributed by atoms with Crippen LogP contribution in [0.2, 0.25) is 0 Å². The monoisotopic (exact) mass is 358 g/mol. The van der Waals surface area contributed by atoms with Crippen LogP contribution in [0.4, 0.5) is 0 Å². The molecular weight excluding hydrogens is 339 g/mol. The van der Waals surface area contributed by atoms with Crippen LogP contribution < -0.4 is 5.32 Å². The summed E-state index contributed by atoms with van der Waals surface area (Å²) in [4.78, 5) is 14.3. The number of amides is 1. The zero-order valence-corrected chi connectivity index (χ0v) is 13.0. The number of hydrogen-bond donors (Lipinski definition) is 1. The first-order chi connectivity index (χ1) is 8.59. The van der Waals surface area contributed by atoms with Crippen LogP contribution in [0.25, 0.3) is 0 Å². The first-order valence-corrected chi connectivity index (χ1v) is 7.36. The maximum atomic E-state index is 12.1. The van der Waals surface area contributed by atoms with Crippen LogP contribution in [0.15, 0.2) is 24.3 Å². The van der Waals surface area contributed by atoms with E-state index in [0.29, 0.717) is 6.04 Å². The van der Waals surface area contributed by atoms with Crippen molar-refractivity contribution in [1.82, 2.24) is 10.2 Å². The average Bonchev–Trinajstić information content (AvgIpc) is 3.13. The van der Waals surface area contributed by atoms with Gasteiger partial charge in [0.05, 0.1) is 5.56 Å². The topological polar surface area (TPSA) is 32.3 Å². The Hall–Kier alpha value is -0.620. The Kier molecular flexibility index (Phi) is 4.61. The fraction of sp³-hybridized carbons (Fsp3) is 0.500. The third-order valence-electron chi connectivity index (χ3n) is 3.42. The molecule has 1 N–H and O–H groups in total. The molecule has 1 atom stereocenters. The van der Waals surface area contributed by atoms with Crippen LogP contribution >= 0.6 is 22.6 Å². The standard InChI is InChI=1S/C14H19IN2O/c1-17(2)13(10-7-8-10)9-16-14(18)11-5-3-4-6-12(11)15/h3-6,10,13H,7-9H2,1-2H3,(H,16,18). The van der Waals surface area contributed by atoms with Gasteiger partial charge in [0, 0.05) is 16.2 Å². The second-order valence-corrected chi connectivity index (χ2v) is 6.22. The summed E-state index contributed by atoms with van der Waals surface area (Å²) in [6.45, 7) is 0.738. The van der Waals surface area contributed by atoms with Crippen molar-refractivity contribution >= 4 is 28.5 Å². The molecule has 1 aromatic carbocycles. The zero-order valence-electron chi connectivity index (χ0n) is 10.8. The highest BCUT2D eigenvalue weighted by atomic mass is 127. The molecule has 0 bridgehead atoms. The van der Waals surface area contributed by atoms with Gasteiger partial charge in [0.15, 0.2) is 0 Å². The zero-order chi connectivity index (χ0) is 13.1. The van der Waals surface area contributed by atoms with Gasteiger partial charge in [-0.3, -0.25) is 4.79 Å². The van der Waals surface area contributed by atoms with E-state index in [1.54, 1.807) is 0 Å². The Balaban J connectivity index is 1.93. The van der Waals surface area contributed by atoms with Crippen molar-refractivity contribution in [3.63, 3.8) is 0 Å². The van der Waals surface area contributed by atoms with Crippen molar-refractivity contribution in [2.45, 2.75) is 18.9 Å². The lowest BCUT2D eigenvalue weighted by Gasteiger charge is -2.24. The minimum atomic E-state index is 0.0347. The van der Waals surface area contributed by atoms with Crippen molar-refractivity contribution in [2.24, 2.45) is 5.92 Å². The SMILES string of the molecule is CN(C)C(CNC(=O)c1ccccc1I)C1CC1. The molecule has 1 aliphatic carbocycles. The second kappa shape index (κ2) is 6.02. The molecule has 0 radical (unpaired) electrons. The van der Waals surface area contributed by atoms with E-state index in [1.165, 1.54) is 12.8 Å². The van der Waals surface area contributed by atoms with E-state index in [4.69, 9.17) is 0 Å². The molecule has 0 saturated heterocycles. The van der Waals surface area contributed by atoms with Crippen LogP contribution in [0.5, 0.6) is 0 Å². The minimum absolute atomic E-state index is 0.0347. The molecule has 0 aliphatic heterocycles. The van der Waals surface area contributed by atoms with Gasteiger partial charge < -0.3 is 10.2 Å². The summed E-state index contributed by atoms with van der Waals surface area (Å²) in [6.07, 6.45) is 2.59. The summed E-state index contributed by atoms with van der Waals surface area (Å²) in [5.41, 5.74) is 0.770. The smallest absolute Gasteiger partial charge is 0.252 e. The quantitative estimate of drug-likeness (QED) is 0.820. The number of halogens is 1. The third-order valence-corrected chi connectivity index (χ3v) is 4.36. The Morgan fingerprint density at radius 2 is 2.11 bits per heavy atom. The number of rotatable bonds is 5. The number of likely N-dealkylation sites (N-methyl/N-ethyl adjacent to an activating group) is 1. The van der Waals surface area contributed by atoms with Gasteiger partial charge in [0.25, 0.3) is 5.91 Å². The van der Waals surface area contributed by atoms with E-state index in [1.807, 2.05) is 24.3 Å². The third kappa shape index (κ3) is 3.45. The normalized spacial score (nSPS) is 16.7. The van der Waals surface area contributed by atoms with Crippen molar-refractivity contribution in [2.75, 3.05) is 20.6 Å². The van der Waals surface area contributed by atoms with Crippen LogP contribution in [-0.2, 0) is 0 Å². The van der Waals surface area contributed by atoms with Gasteiger partial charge in [-0.05, 0) is 67.6 Å². The first-order valence-electron chi connectivity index (χ1n) is 6.28. The largest absolute Gasteiger partial charge is 0.350 e. The van der Waals surface area contributed by atoms with E-state index in [0.717, 1.165) is 21.6 Å². The molecule has 98 valence electrons. The van der Waals surface area contributed by atoms with E-state index in [2.05, 4.69) is 46.9 Å². The van der Waals surface area contributed by atoms with Gasteiger partial charge in [-0.15, -0.1) is 0 Å². The molecule has 18 heavy (non-hydrogen) atoms. The lowest BCUT2D eigenvalue weighted by Crippen LogP contribution is -2.41. The molecule has 2 rings (SSSR count). The number of nitrogens with zero attached hydrogens (tertiary/aromatic N) is 1. The van der Waals surface area contributed by atoms with Gasteiger partial charge >= 0.3 is 0 Å². The first kappa shape index (κ1) is 13.8. The number of benzene rings is 1. The molecule has 1 saturated carbocycles. The van der Waals surface area contributed by atoms with Crippen LogP contribution in [0.3, 0.4) is 0 Å². The lowest BCUT2D eigenvalue weighted by molar-refractivity contribution is 0.0938. The Labute approximate surface area is 122 Å². The molecule has 0 heterocycles. The lowest BCUT2D eigenvalue weighted by atomic mass is 10.1. The van der Waals surface area contributed by atoms with E-state index >= 15 is 0 Å². The molecule has 1 aromatic rings. The number of hydrogen-bond acceptors (Lipinski definition) is 2. The maximum absolute atomic E-state index is 12.1. The van der Waals surface area contributed by atoms with Gasteiger partial charge in [-0.25, -0.2) is 0 Å². The Morgan fingerprint density at radius 3 is 2.67 bits per heavy atom. The van der Waals surface area contributed by atoms with Gasteiger partial charge in [-0.1, -0.05) is 12.1 Å². The maximum Gasteiger partial charge on any atom is 0.252 e. The number of carbonyl (C=O) groups excluding carboxylic acids is 1. The average molecular weight is 358 g/mol. The van der Waals surface area contributed by atoms with E-state index < -0.39 is 0 Å². The Bertz CT molecular complexity index is 428. The van der Waals surface area contributed by atoms with Crippen molar-refractivity contribution < 1.29 is 4.79 Å². The fourth-order valence-electron chi connectivity index (χ4n) is 2.19. The predicted octanol–water partition coefficient (Wildman–Crippen LogP) is 2.36. The molecule has 1 amide bonds. The summed E-state index contributed by atoms with van der Waals surface area (Å²) in [7, 11) is 4.17. The van der Waals surface area contributed by atoms with Gasteiger partial charge in [-0.2, -0.15) is 0 Å². The summed E-state index contributed by atoms with van der Waals surface area (Å²) >= 11 is 2.20. The van der Waals surface area contributed by atoms with Gasteiger partial charge in [0.2, 0.25) is 0 Å². The molecule has 1 unspecified atom stereocenters. The highest BCUT2D eigenvalue weighted by Gasteiger charge is 2.32. The molecule has 0 spiro atoms.